The molecule has 1 aromatic carbocycles. The zero-order valence-electron chi connectivity index (χ0n) is 16.9. The van der Waals surface area contributed by atoms with Crippen molar-refractivity contribution < 1.29 is 22.8 Å². The first-order valence-electron chi connectivity index (χ1n) is 10.1. The SMILES string of the molecule is CC1CC(C)CN(C(=O)CN2CCN(C(=O)c3ccc(C(F)(F)F)cc3)CC2)C1. The van der Waals surface area contributed by atoms with Crippen LogP contribution >= 0.6 is 0 Å². The summed E-state index contributed by atoms with van der Waals surface area (Å²) < 4.78 is 38.0. The maximum absolute atomic E-state index is 12.7. The molecule has 2 aliphatic rings. The molecule has 2 unspecified atom stereocenters. The number of halogens is 3. The molecular weight excluding hydrogens is 383 g/mol. The van der Waals surface area contributed by atoms with E-state index >= 15 is 0 Å². The van der Waals surface area contributed by atoms with Gasteiger partial charge in [0.15, 0.2) is 0 Å². The lowest BCUT2D eigenvalue weighted by atomic mass is 9.92. The van der Waals surface area contributed by atoms with Crippen molar-refractivity contribution in [2.75, 3.05) is 45.8 Å². The number of likely N-dealkylation sites (tertiary alicyclic amines) is 1. The molecule has 3 rings (SSSR count). The van der Waals surface area contributed by atoms with E-state index in [0.29, 0.717) is 44.6 Å². The normalized spacial score (nSPS) is 23.9. The smallest absolute Gasteiger partial charge is 0.341 e. The van der Waals surface area contributed by atoms with Gasteiger partial charge < -0.3 is 9.80 Å². The van der Waals surface area contributed by atoms with Gasteiger partial charge in [0.25, 0.3) is 5.91 Å². The maximum atomic E-state index is 12.7. The van der Waals surface area contributed by atoms with Crippen molar-refractivity contribution in [1.29, 1.82) is 0 Å². The first-order valence-corrected chi connectivity index (χ1v) is 10.1. The van der Waals surface area contributed by atoms with Gasteiger partial charge in [0.1, 0.15) is 0 Å². The zero-order valence-corrected chi connectivity index (χ0v) is 16.9. The molecule has 8 heteroatoms. The van der Waals surface area contributed by atoms with Gasteiger partial charge >= 0.3 is 6.18 Å². The lowest BCUT2D eigenvalue weighted by Crippen LogP contribution is -2.53. The molecule has 0 saturated carbocycles. The maximum Gasteiger partial charge on any atom is 0.416 e. The fraction of sp³-hybridized carbons (Fsp3) is 0.619. The Labute approximate surface area is 169 Å². The van der Waals surface area contributed by atoms with E-state index in [1.165, 1.54) is 12.1 Å². The van der Waals surface area contributed by atoms with Gasteiger partial charge in [-0.3, -0.25) is 14.5 Å². The number of hydrogen-bond acceptors (Lipinski definition) is 3. The van der Waals surface area contributed by atoms with E-state index in [4.69, 9.17) is 0 Å². The number of piperidine rings is 1. The van der Waals surface area contributed by atoms with Crippen molar-refractivity contribution in [3.8, 4) is 0 Å². The van der Waals surface area contributed by atoms with Crippen molar-refractivity contribution >= 4 is 11.8 Å². The van der Waals surface area contributed by atoms with Crippen LogP contribution in [0.25, 0.3) is 0 Å². The molecule has 29 heavy (non-hydrogen) atoms. The Morgan fingerprint density at radius 2 is 1.48 bits per heavy atom. The number of rotatable bonds is 3. The minimum atomic E-state index is -4.41. The molecule has 5 nitrogen and oxygen atoms in total. The summed E-state index contributed by atoms with van der Waals surface area (Å²) in [5.41, 5.74) is -0.516. The molecule has 1 aromatic rings. The Bertz CT molecular complexity index is 718. The van der Waals surface area contributed by atoms with Crippen LogP contribution in [0.1, 0.15) is 36.2 Å². The average molecular weight is 411 g/mol. The lowest BCUT2D eigenvalue weighted by Gasteiger charge is -2.38. The molecular formula is C21H28F3N3O2. The topological polar surface area (TPSA) is 43.9 Å². The third-order valence-electron chi connectivity index (χ3n) is 5.70. The standard InChI is InChI=1S/C21H28F3N3O2/c1-15-11-16(2)13-27(12-15)19(28)14-25-7-9-26(10-8-25)20(29)17-3-5-18(6-4-17)21(22,23)24/h3-6,15-16H,7-14H2,1-2H3. The van der Waals surface area contributed by atoms with Gasteiger partial charge in [-0.2, -0.15) is 13.2 Å². The largest absolute Gasteiger partial charge is 0.416 e. The molecule has 2 amide bonds. The van der Waals surface area contributed by atoms with Gasteiger partial charge in [0.05, 0.1) is 12.1 Å². The first kappa shape index (κ1) is 21.6. The van der Waals surface area contributed by atoms with Gasteiger partial charge in [-0.15, -0.1) is 0 Å². The van der Waals surface area contributed by atoms with E-state index in [0.717, 1.165) is 31.6 Å². The summed E-state index contributed by atoms with van der Waals surface area (Å²) in [5, 5.41) is 0. The monoisotopic (exact) mass is 411 g/mol. The van der Waals surface area contributed by atoms with Crippen LogP contribution in [0.3, 0.4) is 0 Å². The predicted octanol–water partition coefficient (Wildman–Crippen LogP) is 2.97. The van der Waals surface area contributed by atoms with Gasteiger partial charge in [0, 0.05) is 44.8 Å². The summed E-state index contributed by atoms with van der Waals surface area (Å²) in [6.45, 7) is 8.37. The Hall–Kier alpha value is -2.09. The molecule has 0 aliphatic carbocycles. The van der Waals surface area contributed by atoms with Crippen molar-refractivity contribution in [3.63, 3.8) is 0 Å². The van der Waals surface area contributed by atoms with Gasteiger partial charge in [-0.05, 0) is 42.5 Å². The molecule has 2 fully saturated rings. The molecule has 160 valence electrons. The molecule has 0 aromatic heterocycles. The van der Waals surface area contributed by atoms with E-state index in [9.17, 15) is 22.8 Å². The van der Waals surface area contributed by atoms with Crippen LogP contribution in [-0.2, 0) is 11.0 Å². The van der Waals surface area contributed by atoms with Crippen LogP contribution in [0.2, 0.25) is 0 Å². The number of benzene rings is 1. The molecule has 0 spiro atoms. The van der Waals surface area contributed by atoms with Crippen molar-refractivity contribution in [2.24, 2.45) is 11.8 Å². The number of nitrogens with zero attached hydrogens (tertiary/aromatic N) is 3. The fourth-order valence-corrected chi connectivity index (χ4v) is 4.25. The Morgan fingerprint density at radius 3 is 2.00 bits per heavy atom. The molecule has 0 bridgehead atoms. The van der Waals surface area contributed by atoms with Crippen LogP contribution in [0, 0.1) is 11.8 Å². The second-order valence-electron chi connectivity index (χ2n) is 8.39. The van der Waals surface area contributed by atoms with Crippen molar-refractivity contribution in [2.45, 2.75) is 26.4 Å². The van der Waals surface area contributed by atoms with Crippen LogP contribution < -0.4 is 0 Å². The van der Waals surface area contributed by atoms with E-state index in [2.05, 4.69) is 13.8 Å². The highest BCUT2D eigenvalue weighted by Crippen LogP contribution is 2.29. The Morgan fingerprint density at radius 1 is 0.931 bits per heavy atom. The molecule has 2 aliphatic heterocycles. The minimum Gasteiger partial charge on any atom is -0.341 e. The summed E-state index contributed by atoms with van der Waals surface area (Å²) in [6.07, 6.45) is -3.27. The number of piperazine rings is 1. The van der Waals surface area contributed by atoms with Crippen LogP contribution in [0.15, 0.2) is 24.3 Å². The van der Waals surface area contributed by atoms with Crippen LogP contribution in [0.5, 0.6) is 0 Å². The van der Waals surface area contributed by atoms with Crippen LogP contribution in [0.4, 0.5) is 13.2 Å². The van der Waals surface area contributed by atoms with Crippen molar-refractivity contribution in [3.05, 3.63) is 35.4 Å². The highest BCUT2D eigenvalue weighted by Gasteiger charge is 2.31. The summed E-state index contributed by atoms with van der Waals surface area (Å²) >= 11 is 0. The second kappa shape index (κ2) is 8.73. The Balaban J connectivity index is 1.50. The number of amides is 2. The highest BCUT2D eigenvalue weighted by atomic mass is 19.4. The third-order valence-corrected chi connectivity index (χ3v) is 5.70. The summed E-state index contributed by atoms with van der Waals surface area (Å²) in [7, 11) is 0. The van der Waals surface area contributed by atoms with Crippen LogP contribution in [-0.4, -0.2) is 72.3 Å². The first-order chi connectivity index (χ1) is 13.6. The molecule has 0 radical (unpaired) electrons. The number of alkyl halides is 3. The second-order valence-corrected chi connectivity index (χ2v) is 8.39. The molecule has 0 N–H and O–H groups in total. The Kier molecular flexibility index (Phi) is 6.51. The lowest BCUT2D eigenvalue weighted by molar-refractivity contribution is -0.137. The van der Waals surface area contributed by atoms with Gasteiger partial charge in [0.2, 0.25) is 5.91 Å². The average Bonchev–Trinajstić information content (AvgIpc) is 2.66. The number of carbonyl (C=O) groups excluding carboxylic acids is 2. The highest BCUT2D eigenvalue weighted by molar-refractivity contribution is 5.94. The minimum absolute atomic E-state index is 0.130. The number of hydrogen-bond donors (Lipinski definition) is 0. The number of carbonyl (C=O) groups is 2. The van der Waals surface area contributed by atoms with Gasteiger partial charge in [-0.1, -0.05) is 13.8 Å². The quantitative estimate of drug-likeness (QED) is 0.768. The van der Waals surface area contributed by atoms with E-state index in [1.54, 1.807) is 4.90 Å². The summed E-state index contributed by atoms with van der Waals surface area (Å²) in [5.74, 6) is 0.885. The molecule has 2 saturated heterocycles. The van der Waals surface area contributed by atoms with E-state index < -0.39 is 11.7 Å². The fourth-order valence-electron chi connectivity index (χ4n) is 4.25. The molecule has 2 heterocycles. The van der Waals surface area contributed by atoms with Crippen molar-refractivity contribution in [1.82, 2.24) is 14.7 Å². The zero-order chi connectivity index (χ0) is 21.2. The summed E-state index contributed by atoms with van der Waals surface area (Å²) in [4.78, 5) is 30.8. The van der Waals surface area contributed by atoms with Gasteiger partial charge in [-0.25, -0.2) is 0 Å². The third kappa shape index (κ3) is 5.50. The summed E-state index contributed by atoms with van der Waals surface area (Å²) in [6, 6.07) is 4.31. The van der Waals surface area contributed by atoms with E-state index in [-0.39, 0.29) is 17.4 Å². The molecule has 2 atom stereocenters. The van der Waals surface area contributed by atoms with E-state index in [1.807, 2.05) is 9.80 Å². The predicted molar refractivity (Wildman–Crippen MR) is 103 cm³/mol.